The van der Waals surface area contributed by atoms with E-state index in [0.717, 1.165) is 22.1 Å². The second-order valence-electron chi connectivity index (χ2n) is 4.34. The van der Waals surface area contributed by atoms with Crippen molar-refractivity contribution in [3.05, 3.63) is 70.6 Å². The van der Waals surface area contributed by atoms with Crippen LogP contribution in [0.25, 0.3) is 22.1 Å². The Hall–Kier alpha value is -2.35. The number of aryl methyl sites for hydroxylation is 1. The Morgan fingerprint density at radius 2 is 1.60 bits per heavy atom. The van der Waals surface area contributed by atoms with Gasteiger partial charge in [-0.05, 0) is 29.7 Å². The predicted molar refractivity (Wildman–Crippen MR) is 84.0 cm³/mol. The van der Waals surface area contributed by atoms with Crippen molar-refractivity contribution < 1.29 is 4.42 Å². The molecule has 0 N–H and O–H groups in total. The van der Waals surface area contributed by atoms with Gasteiger partial charge in [0.15, 0.2) is 0 Å². The summed E-state index contributed by atoms with van der Waals surface area (Å²) in [6.07, 6.45) is 0. The summed E-state index contributed by atoms with van der Waals surface area (Å²) in [5.41, 5.74) is 3.35. The first kappa shape index (κ1) is 14.1. The van der Waals surface area contributed by atoms with Crippen LogP contribution in [0.1, 0.15) is 19.4 Å². The molecule has 0 saturated carbocycles. The maximum Gasteiger partial charge on any atom is 0.336 e. The summed E-state index contributed by atoms with van der Waals surface area (Å²) in [5, 5.41) is 0.964. The van der Waals surface area contributed by atoms with Crippen LogP contribution < -0.4 is 5.63 Å². The molecular formula is C18H18O2. The van der Waals surface area contributed by atoms with Crippen LogP contribution in [-0.2, 0) is 0 Å². The first-order valence-corrected chi connectivity index (χ1v) is 6.84. The second-order valence-corrected chi connectivity index (χ2v) is 4.34. The molecule has 102 valence electrons. The molecule has 0 bridgehead atoms. The Kier molecular flexibility index (Phi) is 4.36. The third-order valence-corrected chi connectivity index (χ3v) is 2.98. The molecule has 1 heterocycles. The van der Waals surface area contributed by atoms with Crippen molar-refractivity contribution in [3.63, 3.8) is 0 Å². The zero-order valence-electron chi connectivity index (χ0n) is 12.0. The SMILES string of the molecule is CC.Cc1ccc2c(-c3ccccc3)cc(=O)oc2c1. The highest BCUT2D eigenvalue weighted by Crippen LogP contribution is 2.27. The van der Waals surface area contributed by atoms with Gasteiger partial charge in [0, 0.05) is 11.5 Å². The summed E-state index contributed by atoms with van der Waals surface area (Å²) in [7, 11) is 0. The van der Waals surface area contributed by atoms with Gasteiger partial charge in [-0.25, -0.2) is 4.79 Å². The Bertz CT molecular complexity index is 755. The molecule has 0 spiro atoms. The highest BCUT2D eigenvalue weighted by Gasteiger charge is 2.07. The van der Waals surface area contributed by atoms with Gasteiger partial charge < -0.3 is 4.42 Å². The van der Waals surface area contributed by atoms with Gasteiger partial charge in [0.25, 0.3) is 0 Å². The summed E-state index contributed by atoms with van der Waals surface area (Å²) in [5.74, 6) is 0. The van der Waals surface area contributed by atoms with Crippen molar-refractivity contribution in [1.29, 1.82) is 0 Å². The quantitative estimate of drug-likeness (QED) is 0.592. The molecule has 3 aromatic rings. The highest BCUT2D eigenvalue weighted by molar-refractivity contribution is 5.93. The van der Waals surface area contributed by atoms with Gasteiger partial charge in [-0.15, -0.1) is 0 Å². The molecule has 0 fully saturated rings. The topological polar surface area (TPSA) is 30.2 Å². The summed E-state index contributed by atoms with van der Waals surface area (Å²) >= 11 is 0. The van der Waals surface area contributed by atoms with E-state index >= 15 is 0 Å². The Morgan fingerprint density at radius 3 is 2.30 bits per heavy atom. The molecule has 0 radical (unpaired) electrons. The predicted octanol–water partition coefficient (Wildman–Crippen LogP) is 4.79. The van der Waals surface area contributed by atoms with Gasteiger partial charge in [0.05, 0.1) is 0 Å². The molecule has 0 aliphatic rings. The molecule has 2 nitrogen and oxygen atoms in total. The normalized spacial score (nSPS) is 9.95. The minimum Gasteiger partial charge on any atom is -0.423 e. The number of rotatable bonds is 1. The standard InChI is InChI=1S/C16H12O2.C2H6/c1-11-7-8-13-14(12-5-3-2-4-6-12)10-16(17)18-15(13)9-11;1-2/h2-10H,1H3;1-2H3. The lowest BCUT2D eigenvalue weighted by atomic mass is 10.0. The lowest BCUT2D eigenvalue weighted by molar-refractivity contribution is 0.561. The molecule has 0 amide bonds. The Labute approximate surface area is 118 Å². The van der Waals surface area contributed by atoms with E-state index in [9.17, 15) is 4.79 Å². The first-order chi connectivity index (χ1) is 9.74. The van der Waals surface area contributed by atoms with Crippen molar-refractivity contribution in [2.45, 2.75) is 20.8 Å². The lowest BCUT2D eigenvalue weighted by Gasteiger charge is -2.05. The average Bonchev–Trinajstić information content (AvgIpc) is 2.49. The second kappa shape index (κ2) is 6.20. The maximum absolute atomic E-state index is 11.6. The number of hydrogen-bond acceptors (Lipinski definition) is 2. The van der Waals surface area contributed by atoms with E-state index in [1.54, 1.807) is 6.07 Å². The van der Waals surface area contributed by atoms with Crippen LogP contribution in [0.15, 0.2) is 63.8 Å². The monoisotopic (exact) mass is 266 g/mol. The van der Waals surface area contributed by atoms with Crippen molar-refractivity contribution in [1.82, 2.24) is 0 Å². The van der Waals surface area contributed by atoms with Crippen LogP contribution in [0.3, 0.4) is 0 Å². The molecule has 0 aliphatic carbocycles. The summed E-state index contributed by atoms with van der Waals surface area (Å²) < 4.78 is 5.25. The fraction of sp³-hybridized carbons (Fsp3) is 0.167. The summed E-state index contributed by atoms with van der Waals surface area (Å²) in [6.45, 7) is 5.98. The van der Waals surface area contributed by atoms with E-state index in [0.29, 0.717) is 5.58 Å². The van der Waals surface area contributed by atoms with E-state index < -0.39 is 0 Å². The fourth-order valence-electron chi connectivity index (χ4n) is 2.13. The molecular weight excluding hydrogens is 248 g/mol. The Balaban J connectivity index is 0.000000704. The van der Waals surface area contributed by atoms with Gasteiger partial charge in [-0.3, -0.25) is 0 Å². The molecule has 20 heavy (non-hydrogen) atoms. The molecule has 2 heteroatoms. The minimum atomic E-state index is -0.313. The molecule has 0 aliphatic heterocycles. The number of hydrogen-bond donors (Lipinski definition) is 0. The van der Waals surface area contributed by atoms with Crippen molar-refractivity contribution >= 4 is 11.0 Å². The Morgan fingerprint density at radius 1 is 0.900 bits per heavy atom. The van der Waals surface area contributed by atoms with E-state index in [4.69, 9.17) is 4.42 Å². The van der Waals surface area contributed by atoms with Crippen LogP contribution in [0.5, 0.6) is 0 Å². The molecule has 0 unspecified atom stereocenters. The zero-order valence-corrected chi connectivity index (χ0v) is 12.0. The van der Waals surface area contributed by atoms with Gasteiger partial charge in [-0.2, -0.15) is 0 Å². The summed E-state index contributed by atoms with van der Waals surface area (Å²) in [4.78, 5) is 11.6. The fourth-order valence-corrected chi connectivity index (χ4v) is 2.13. The van der Waals surface area contributed by atoms with Crippen molar-refractivity contribution in [3.8, 4) is 11.1 Å². The van der Waals surface area contributed by atoms with Gasteiger partial charge in [0.2, 0.25) is 0 Å². The van der Waals surface area contributed by atoms with Crippen LogP contribution >= 0.6 is 0 Å². The highest BCUT2D eigenvalue weighted by atomic mass is 16.4. The third kappa shape index (κ3) is 2.80. The van der Waals surface area contributed by atoms with Crippen LogP contribution in [0, 0.1) is 6.92 Å². The lowest BCUT2D eigenvalue weighted by Crippen LogP contribution is -1.98. The van der Waals surface area contributed by atoms with Crippen molar-refractivity contribution in [2.75, 3.05) is 0 Å². The number of fused-ring (bicyclic) bond motifs is 1. The third-order valence-electron chi connectivity index (χ3n) is 2.98. The zero-order chi connectivity index (χ0) is 14.5. The smallest absolute Gasteiger partial charge is 0.336 e. The molecule has 3 rings (SSSR count). The van der Waals surface area contributed by atoms with E-state index in [2.05, 4.69) is 0 Å². The van der Waals surface area contributed by atoms with Crippen LogP contribution in [-0.4, -0.2) is 0 Å². The minimum absolute atomic E-state index is 0.313. The molecule has 0 saturated heterocycles. The van der Waals surface area contributed by atoms with Crippen LogP contribution in [0.2, 0.25) is 0 Å². The maximum atomic E-state index is 11.6. The summed E-state index contributed by atoms with van der Waals surface area (Å²) in [6, 6.07) is 17.3. The largest absolute Gasteiger partial charge is 0.423 e. The number of benzene rings is 2. The first-order valence-electron chi connectivity index (χ1n) is 6.84. The molecule has 1 aromatic heterocycles. The van der Waals surface area contributed by atoms with Gasteiger partial charge in [0.1, 0.15) is 5.58 Å². The van der Waals surface area contributed by atoms with E-state index in [-0.39, 0.29) is 5.63 Å². The van der Waals surface area contributed by atoms with Crippen LogP contribution in [0.4, 0.5) is 0 Å². The molecule has 2 aromatic carbocycles. The average molecular weight is 266 g/mol. The van der Waals surface area contributed by atoms with Gasteiger partial charge >= 0.3 is 5.63 Å². The molecule has 0 atom stereocenters. The van der Waals surface area contributed by atoms with Crippen molar-refractivity contribution in [2.24, 2.45) is 0 Å². The van der Waals surface area contributed by atoms with E-state index in [1.165, 1.54) is 0 Å². The van der Waals surface area contributed by atoms with E-state index in [1.807, 2.05) is 69.3 Å². The van der Waals surface area contributed by atoms with Gasteiger partial charge in [-0.1, -0.05) is 56.3 Å².